The van der Waals surface area contributed by atoms with Crippen molar-refractivity contribution in [2.75, 3.05) is 13.2 Å². The maximum atomic E-state index is 11.4. The molecular formula is C12H24O3. The van der Waals surface area contributed by atoms with Crippen molar-refractivity contribution >= 4 is 5.97 Å². The smallest absolute Gasteiger partial charge is 0.308 e. The van der Waals surface area contributed by atoms with E-state index < -0.39 is 0 Å². The number of rotatable bonds is 8. The summed E-state index contributed by atoms with van der Waals surface area (Å²) >= 11 is 0. The molecule has 15 heavy (non-hydrogen) atoms. The molecule has 0 fully saturated rings. The Labute approximate surface area is 93.1 Å². The largest absolute Gasteiger partial charge is 0.463 e. The van der Waals surface area contributed by atoms with E-state index in [4.69, 9.17) is 9.47 Å². The Balaban J connectivity index is 3.47. The lowest BCUT2D eigenvalue weighted by atomic mass is 10.1. The first-order chi connectivity index (χ1) is 7.07. The fourth-order valence-electron chi connectivity index (χ4n) is 1.07. The molecule has 0 aromatic carbocycles. The molecule has 0 aliphatic heterocycles. The summed E-state index contributed by atoms with van der Waals surface area (Å²) in [6.45, 7) is 9.18. The number of hydrogen-bond acceptors (Lipinski definition) is 3. The Morgan fingerprint density at radius 1 is 1.20 bits per heavy atom. The maximum Gasteiger partial charge on any atom is 0.308 e. The van der Waals surface area contributed by atoms with E-state index in [1.807, 2.05) is 20.8 Å². The van der Waals surface area contributed by atoms with Gasteiger partial charge in [0.05, 0.1) is 12.0 Å². The average molecular weight is 216 g/mol. The highest BCUT2D eigenvalue weighted by atomic mass is 16.5. The Hall–Kier alpha value is -0.570. The molecule has 0 saturated heterocycles. The first-order valence-electron chi connectivity index (χ1n) is 5.86. The highest BCUT2D eigenvalue weighted by Crippen LogP contribution is 2.06. The average Bonchev–Trinajstić information content (AvgIpc) is 2.16. The van der Waals surface area contributed by atoms with Crippen molar-refractivity contribution < 1.29 is 14.3 Å². The fourth-order valence-corrected chi connectivity index (χ4v) is 1.07. The Bertz CT molecular complexity index is 166. The second-order valence-electron chi connectivity index (χ2n) is 4.14. The van der Waals surface area contributed by atoms with Crippen LogP contribution in [-0.4, -0.2) is 25.3 Å². The van der Waals surface area contributed by atoms with E-state index in [-0.39, 0.29) is 18.0 Å². The van der Waals surface area contributed by atoms with Crippen LogP contribution in [0.15, 0.2) is 0 Å². The van der Waals surface area contributed by atoms with Crippen LogP contribution < -0.4 is 0 Å². The van der Waals surface area contributed by atoms with Crippen LogP contribution in [0.1, 0.15) is 47.0 Å². The van der Waals surface area contributed by atoms with Crippen LogP contribution in [0, 0.1) is 5.92 Å². The number of ether oxygens (including phenoxy) is 2. The molecule has 0 bridgehead atoms. The lowest BCUT2D eigenvalue weighted by Gasteiger charge is -2.13. The molecule has 0 unspecified atom stereocenters. The van der Waals surface area contributed by atoms with Crippen molar-refractivity contribution in [1.82, 2.24) is 0 Å². The zero-order valence-corrected chi connectivity index (χ0v) is 10.4. The first-order valence-corrected chi connectivity index (χ1v) is 5.86. The summed E-state index contributed by atoms with van der Waals surface area (Å²) in [5.41, 5.74) is 0. The number of hydrogen-bond donors (Lipinski definition) is 0. The number of carbonyl (C=O) groups excluding carboxylic acids is 1. The predicted molar refractivity (Wildman–Crippen MR) is 60.7 cm³/mol. The van der Waals surface area contributed by atoms with Gasteiger partial charge in [0, 0.05) is 13.2 Å². The molecule has 0 radical (unpaired) electrons. The molecule has 0 amide bonds. The summed E-state index contributed by atoms with van der Waals surface area (Å²) < 4.78 is 10.5. The molecule has 3 nitrogen and oxygen atoms in total. The van der Waals surface area contributed by atoms with Crippen molar-refractivity contribution in [3.8, 4) is 0 Å². The summed E-state index contributed by atoms with van der Waals surface area (Å²) in [6.07, 6.45) is 2.95. The summed E-state index contributed by atoms with van der Waals surface area (Å²) in [4.78, 5) is 11.4. The van der Waals surface area contributed by atoms with Gasteiger partial charge in [0.15, 0.2) is 0 Å². The molecule has 0 spiro atoms. The zero-order valence-electron chi connectivity index (χ0n) is 10.4. The van der Waals surface area contributed by atoms with Crippen LogP contribution in [0.25, 0.3) is 0 Å². The molecule has 0 aromatic rings. The molecule has 0 rings (SSSR count). The minimum absolute atomic E-state index is 0.0269. The van der Waals surface area contributed by atoms with Crippen LogP contribution >= 0.6 is 0 Å². The maximum absolute atomic E-state index is 11.4. The number of carbonyl (C=O) groups is 1. The third-order valence-electron chi connectivity index (χ3n) is 2.09. The first kappa shape index (κ1) is 14.4. The Kier molecular flexibility index (Phi) is 8.38. The van der Waals surface area contributed by atoms with E-state index in [0.717, 1.165) is 25.9 Å². The second-order valence-corrected chi connectivity index (χ2v) is 4.14. The number of esters is 1. The van der Waals surface area contributed by atoms with Gasteiger partial charge in [-0.2, -0.15) is 0 Å². The second kappa shape index (κ2) is 8.72. The molecule has 0 saturated carbocycles. The molecule has 0 N–H and O–H groups in total. The van der Waals surface area contributed by atoms with Crippen molar-refractivity contribution in [3.63, 3.8) is 0 Å². The molecule has 0 aliphatic rings. The van der Waals surface area contributed by atoms with Gasteiger partial charge in [0.2, 0.25) is 0 Å². The van der Waals surface area contributed by atoms with Crippen LogP contribution in [-0.2, 0) is 14.3 Å². The van der Waals surface area contributed by atoms with Gasteiger partial charge in [-0.05, 0) is 26.7 Å². The minimum atomic E-state index is -0.121. The molecular weight excluding hydrogens is 192 g/mol. The van der Waals surface area contributed by atoms with Crippen LogP contribution in [0.4, 0.5) is 0 Å². The molecule has 3 heteroatoms. The molecule has 1 atom stereocenters. The van der Waals surface area contributed by atoms with Gasteiger partial charge in [-0.3, -0.25) is 4.79 Å². The summed E-state index contributed by atoms with van der Waals surface area (Å²) in [5.74, 6) is -0.182. The van der Waals surface area contributed by atoms with Crippen molar-refractivity contribution in [3.05, 3.63) is 0 Å². The van der Waals surface area contributed by atoms with E-state index in [9.17, 15) is 4.79 Å². The van der Waals surface area contributed by atoms with Crippen LogP contribution in [0.3, 0.4) is 0 Å². The van der Waals surface area contributed by atoms with E-state index in [1.165, 1.54) is 0 Å². The summed E-state index contributed by atoms with van der Waals surface area (Å²) in [5, 5.41) is 0. The zero-order chi connectivity index (χ0) is 11.7. The van der Waals surface area contributed by atoms with Crippen LogP contribution in [0.2, 0.25) is 0 Å². The normalized spacial score (nSPS) is 12.9. The van der Waals surface area contributed by atoms with E-state index in [1.54, 1.807) is 0 Å². The molecule has 0 heterocycles. The lowest BCUT2D eigenvalue weighted by Crippen LogP contribution is -2.20. The fraction of sp³-hybridized carbons (Fsp3) is 0.917. The van der Waals surface area contributed by atoms with Gasteiger partial charge in [-0.1, -0.05) is 20.3 Å². The topological polar surface area (TPSA) is 35.5 Å². The van der Waals surface area contributed by atoms with Gasteiger partial charge in [0.25, 0.3) is 0 Å². The van der Waals surface area contributed by atoms with Crippen molar-refractivity contribution in [2.45, 2.75) is 53.1 Å². The standard InChI is InChI=1S/C12H24O3/c1-5-6-8-14-9-7-11(4)12(13)15-10(2)3/h10-11H,5-9H2,1-4H3/t11-/m1/s1. The van der Waals surface area contributed by atoms with Crippen molar-refractivity contribution in [1.29, 1.82) is 0 Å². The highest BCUT2D eigenvalue weighted by Gasteiger charge is 2.15. The van der Waals surface area contributed by atoms with E-state index >= 15 is 0 Å². The lowest BCUT2D eigenvalue weighted by molar-refractivity contribution is -0.152. The van der Waals surface area contributed by atoms with Gasteiger partial charge >= 0.3 is 5.97 Å². The molecule has 0 aliphatic carbocycles. The third kappa shape index (κ3) is 8.43. The van der Waals surface area contributed by atoms with Gasteiger partial charge in [-0.25, -0.2) is 0 Å². The van der Waals surface area contributed by atoms with Crippen molar-refractivity contribution in [2.24, 2.45) is 5.92 Å². The van der Waals surface area contributed by atoms with E-state index in [0.29, 0.717) is 6.61 Å². The van der Waals surface area contributed by atoms with Gasteiger partial charge in [0.1, 0.15) is 0 Å². The van der Waals surface area contributed by atoms with Crippen LogP contribution in [0.5, 0.6) is 0 Å². The number of unbranched alkanes of at least 4 members (excludes halogenated alkanes) is 1. The monoisotopic (exact) mass is 216 g/mol. The van der Waals surface area contributed by atoms with E-state index in [2.05, 4.69) is 6.92 Å². The highest BCUT2D eigenvalue weighted by molar-refractivity contribution is 5.72. The molecule has 90 valence electrons. The molecule has 0 aromatic heterocycles. The summed E-state index contributed by atoms with van der Waals surface area (Å²) in [6, 6.07) is 0. The SMILES string of the molecule is CCCCOCC[C@@H](C)C(=O)OC(C)C. The minimum Gasteiger partial charge on any atom is -0.463 e. The van der Waals surface area contributed by atoms with Gasteiger partial charge < -0.3 is 9.47 Å². The summed E-state index contributed by atoms with van der Waals surface area (Å²) in [7, 11) is 0. The third-order valence-corrected chi connectivity index (χ3v) is 2.09. The predicted octanol–water partition coefficient (Wildman–Crippen LogP) is 2.78. The Morgan fingerprint density at radius 3 is 2.40 bits per heavy atom. The quantitative estimate of drug-likeness (QED) is 0.462. The van der Waals surface area contributed by atoms with Gasteiger partial charge in [-0.15, -0.1) is 0 Å². The Morgan fingerprint density at radius 2 is 1.87 bits per heavy atom.